The Balaban J connectivity index is 1.65. The van der Waals surface area contributed by atoms with Crippen molar-refractivity contribution in [3.8, 4) is 0 Å². The van der Waals surface area contributed by atoms with E-state index in [9.17, 15) is 14.7 Å². The molecule has 6 heteroatoms. The molecule has 1 atom stereocenters. The number of amides is 2. The number of β-amino-alcohol motifs (C(OH)–C–C–N with tert-alkyl or cyclic N) is 1. The van der Waals surface area contributed by atoms with Gasteiger partial charge in [0.1, 0.15) is 6.04 Å². The number of rotatable bonds is 2. The number of benzene rings is 1. The predicted octanol–water partition coefficient (Wildman–Crippen LogP) is 1.05. The Morgan fingerprint density at radius 1 is 1.08 bits per heavy atom. The normalized spacial score (nSPS) is 20.5. The minimum atomic E-state index is -0.565. The van der Waals surface area contributed by atoms with Crippen LogP contribution in [0.15, 0.2) is 47.1 Å². The second kappa shape index (κ2) is 5.79. The van der Waals surface area contributed by atoms with Crippen LogP contribution in [0.3, 0.4) is 0 Å². The summed E-state index contributed by atoms with van der Waals surface area (Å²) < 4.78 is 5.23. The summed E-state index contributed by atoms with van der Waals surface area (Å²) in [6, 6.07) is 10.6. The van der Waals surface area contributed by atoms with Gasteiger partial charge in [0.05, 0.1) is 12.4 Å². The highest BCUT2D eigenvalue weighted by Crippen LogP contribution is 2.27. The molecule has 1 aromatic heterocycles. The number of fused-ring (bicyclic) bond motifs is 1. The molecule has 2 aromatic rings. The van der Waals surface area contributed by atoms with Crippen molar-refractivity contribution in [3.63, 3.8) is 0 Å². The van der Waals surface area contributed by atoms with Crippen molar-refractivity contribution in [1.82, 2.24) is 9.80 Å². The van der Waals surface area contributed by atoms with Gasteiger partial charge in [-0.15, -0.1) is 0 Å². The molecular formula is C18H18N2O4. The number of likely N-dealkylation sites (tertiary alicyclic amines) is 1. The molecule has 0 aliphatic carbocycles. The topological polar surface area (TPSA) is 74.0 Å². The van der Waals surface area contributed by atoms with Gasteiger partial charge in [-0.2, -0.15) is 0 Å². The van der Waals surface area contributed by atoms with Crippen molar-refractivity contribution >= 4 is 11.8 Å². The van der Waals surface area contributed by atoms with Crippen LogP contribution in [-0.4, -0.2) is 52.0 Å². The number of carbonyl (C=O) groups is 2. The molecule has 0 radical (unpaired) electrons. The van der Waals surface area contributed by atoms with E-state index in [1.54, 1.807) is 21.9 Å². The standard InChI is InChI=1S/C18H18N2O4/c21-14-10-19(11-14)17(22)15-8-12-4-1-2-5-13(12)9-20(15)18(23)16-6-3-7-24-16/h1-7,14-15,21H,8-11H2. The highest BCUT2D eigenvalue weighted by Gasteiger charge is 2.41. The molecule has 0 spiro atoms. The van der Waals surface area contributed by atoms with Gasteiger partial charge < -0.3 is 19.3 Å². The molecule has 1 N–H and O–H groups in total. The van der Waals surface area contributed by atoms with E-state index < -0.39 is 12.1 Å². The molecule has 0 bridgehead atoms. The zero-order chi connectivity index (χ0) is 16.7. The van der Waals surface area contributed by atoms with Gasteiger partial charge in [-0.1, -0.05) is 24.3 Å². The van der Waals surface area contributed by atoms with Crippen LogP contribution in [-0.2, 0) is 17.8 Å². The van der Waals surface area contributed by atoms with Crippen molar-refractivity contribution in [2.75, 3.05) is 13.1 Å². The third-order valence-electron chi connectivity index (χ3n) is 4.70. The molecule has 0 saturated carbocycles. The average Bonchev–Trinajstić information content (AvgIpc) is 3.11. The van der Waals surface area contributed by atoms with E-state index in [4.69, 9.17) is 4.42 Å². The molecule has 2 aliphatic rings. The maximum atomic E-state index is 12.8. The SMILES string of the molecule is O=C(C1Cc2ccccc2CN1C(=O)c1ccco1)N1CC(O)C1. The van der Waals surface area contributed by atoms with Crippen LogP contribution in [0.25, 0.3) is 0 Å². The Bertz CT molecular complexity index is 765. The lowest BCUT2D eigenvalue weighted by molar-refractivity contribution is -0.146. The fourth-order valence-corrected chi connectivity index (χ4v) is 3.34. The second-order valence-electron chi connectivity index (χ2n) is 6.30. The highest BCUT2D eigenvalue weighted by atomic mass is 16.3. The number of hydrogen-bond acceptors (Lipinski definition) is 4. The molecular weight excluding hydrogens is 308 g/mol. The van der Waals surface area contributed by atoms with E-state index in [0.29, 0.717) is 26.1 Å². The molecule has 1 fully saturated rings. The summed E-state index contributed by atoms with van der Waals surface area (Å²) in [6.45, 7) is 1.04. The van der Waals surface area contributed by atoms with E-state index in [2.05, 4.69) is 0 Å². The fraction of sp³-hybridized carbons (Fsp3) is 0.333. The second-order valence-corrected chi connectivity index (χ2v) is 6.30. The number of aliphatic hydroxyl groups is 1. The Labute approximate surface area is 139 Å². The largest absolute Gasteiger partial charge is 0.459 e. The van der Waals surface area contributed by atoms with Crippen molar-refractivity contribution in [1.29, 1.82) is 0 Å². The lowest BCUT2D eigenvalue weighted by Gasteiger charge is -2.42. The third kappa shape index (κ3) is 2.49. The molecule has 1 unspecified atom stereocenters. The predicted molar refractivity (Wildman–Crippen MR) is 85.1 cm³/mol. The summed E-state index contributed by atoms with van der Waals surface area (Å²) in [5.41, 5.74) is 2.13. The summed E-state index contributed by atoms with van der Waals surface area (Å²) >= 11 is 0. The van der Waals surface area contributed by atoms with E-state index in [1.165, 1.54) is 6.26 Å². The summed E-state index contributed by atoms with van der Waals surface area (Å²) in [5.74, 6) is -0.167. The van der Waals surface area contributed by atoms with Gasteiger partial charge in [-0.3, -0.25) is 9.59 Å². The van der Waals surface area contributed by atoms with Gasteiger partial charge in [0.15, 0.2) is 5.76 Å². The molecule has 1 saturated heterocycles. The van der Waals surface area contributed by atoms with Crippen LogP contribution in [0.4, 0.5) is 0 Å². The van der Waals surface area contributed by atoms with Crippen molar-refractivity contribution in [2.45, 2.75) is 25.1 Å². The van der Waals surface area contributed by atoms with Gasteiger partial charge in [-0.25, -0.2) is 0 Å². The lowest BCUT2D eigenvalue weighted by Crippen LogP contribution is -2.61. The van der Waals surface area contributed by atoms with Gasteiger partial charge in [0, 0.05) is 26.1 Å². The minimum Gasteiger partial charge on any atom is -0.459 e. The number of hydrogen-bond donors (Lipinski definition) is 1. The number of aliphatic hydroxyl groups excluding tert-OH is 1. The number of carbonyl (C=O) groups excluding carboxylic acids is 2. The molecule has 4 rings (SSSR count). The first-order valence-corrected chi connectivity index (χ1v) is 8.01. The minimum absolute atomic E-state index is 0.116. The van der Waals surface area contributed by atoms with Crippen LogP contribution >= 0.6 is 0 Å². The molecule has 1 aromatic carbocycles. The summed E-state index contributed by atoms with van der Waals surface area (Å²) in [7, 11) is 0. The molecule has 2 amide bonds. The third-order valence-corrected chi connectivity index (χ3v) is 4.70. The molecule has 3 heterocycles. The van der Waals surface area contributed by atoms with Crippen molar-refractivity contribution in [3.05, 3.63) is 59.5 Å². The molecule has 6 nitrogen and oxygen atoms in total. The van der Waals surface area contributed by atoms with Crippen LogP contribution < -0.4 is 0 Å². The molecule has 2 aliphatic heterocycles. The zero-order valence-electron chi connectivity index (χ0n) is 13.1. The highest BCUT2D eigenvalue weighted by molar-refractivity contribution is 5.96. The van der Waals surface area contributed by atoms with Crippen LogP contribution in [0.1, 0.15) is 21.7 Å². The summed E-state index contributed by atoms with van der Waals surface area (Å²) in [6.07, 6.45) is 1.47. The van der Waals surface area contributed by atoms with E-state index in [-0.39, 0.29) is 17.6 Å². The van der Waals surface area contributed by atoms with Crippen LogP contribution in [0, 0.1) is 0 Å². The van der Waals surface area contributed by atoms with E-state index in [1.807, 2.05) is 24.3 Å². The van der Waals surface area contributed by atoms with Crippen LogP contribution in [0.2, 0.25) is 0 Å². The number of furan rings is 1. The smallest absolute Gasteiger partial charge is 0.290 e. The maximum absolute atomic E-state index is 12.8. The first-order valence-electron chi connectivity index (χ1n) is 8.01. The van der Waals surface area contributed by atoms with Gasteiger partial charge in [0.25, 0.3) is 5.91 Å². The fourth-order valence-electron chi connectivity index (χ4n) is 3.34. The average molecular weight is 326 g/mol. The van der Waals surface area contributed by atoms with E-state index >= 15 is 0 Å². The zero-order valence-corrected chi connectivity index (χ0v) is 13.1. The molecule has 24 heavy (non-hydrogen) atoms. The van der Waals surface area contributed by atoms with Crippen molar-refractivity contribution < 1.29 is 19.1 Å². The first kappa shape index (κ1) is 15.0. The summed E-state index contributed by atoms with van der Waals surface area (Å²) in [5, 5.41) is 9.46. The Morgan fingerprint density at radius 2 is 1.83 bits per heavy atom. The van der Waals surface area contributed by atoms with E-state index in [0.717, 1.165) is 11.1 Å². The number of nitrogens with zero attached hydrogens (tertiary/aromatic N) is 2. The Kier molecular flexibility index (Phi) is 3.61. The monoisotopic (exact) mass is 326 g/mol. The lowest BCUT2D eigenvalue weighted by atomic mass is 9.92. The molecule has 124 valence electrons. The van der Waals surface area contributed by atoms with Crippen molar-refractivity contribution in [2.24, 2.45) is 0 Å². The first-order chi connectivity index (χ1) is 11.6. The van der Waals surface area contributed by atoms with Gasteiger partial charge in [-0.05, 0) is 23.3 Å². The summed E-state index contributed by atoms with van der Waals surface area (Å²) in [4.78, 5) is 28.8. The van der Waals surface area contributed by atoms with Crippen LogP contribution in [0.5, 0.6) is 0 Å². The van der Waals surface area contributed by atoms with Gasteiger partial charge in [0.2, 0.25) is 5.91 Å². The Morgan fingerprint density at radius 3 is 2.50 bits per heavy atom. The quantitative estimate of drug-likeness (QED) is 0.895. The maximum Gasteiger partial charge on any atom is 0.290 e. The van der Waals surface area contributed by atoms with Gasteiger partial charge >= 0.3 is 0 Å². The Hall–Kier alpha value is -2.60.